The maximum atomic E-state index is 12.2. The van der Waals surface area contributed by atoms with Crippen molar-refractivity contribution in [3.8, 4) is 0 Å². The average molecular weight is 375 g/mol. The first-order chi connectivity index (χ1) is 11.3. The number of carboxylic acid groups (broad SMARTS) is 1. The number of carbonyl (C=O) groups is 3. The zero-order valence-corrected chi connectivity index (χ0v) is 16.0. The van der Waals surface area contributed by atoms with Crippen molar-refractivity contribution in [2.75, 3.05) is 5.75 Å². The number of fused-ring (bicyclic) bond motifs is 1. The molecule has 1 aromatic heterocycles. The summed E-state index contributed by atoms with van der Waals surface area (Å²) in [7, 11) is 0. The molecule has 0 spiro atoms. The molecule has 3 rings (SSSR count). The van der Waals surface area contributed by atoms with Gasteiger partial charge in [0.15, 0.2) is 5.76 Å². The number of thioether (sulfide) groups is 1. The number of β-lactam (4-membered cyclic amide) rings is 1. The molecule has 12 heteroatoms. The number of carboxylic acids is 1. The van der Waals surface area contributed by atoms with Gasteiger partial charge in [0.25, 0.3) is 11.8 Å². The van der Waals surface area contributed by atoms with E-state index in [1.54, 1.807) is 6.92 Å². The summed E-state index contributed by atoms with van der Waals surface area (Å²) in [6, 6.07) is 1.22. The second-order valence-electron chi connectivity index (χ2n) is 5.17. The molecule has 1 aromatic rings. The van der Waals surface area contributed by atoms with Crippen molar-refractivity contribution in [3.63, 3.8) is 0 Å². The summed E-state index contributed by atoms with van der Waals surface area (Å²) in [6.45, 7) is 1.59. The number of furan rings is 1. The summed E-state index contributed by atoms with van der Waals surface area (Å²) in [5.74, 6) is -3.33. The van der Waals surface area contributed by atoms with Gasteiger partial charge in [-0.05, 0) is 18.6 Å². The van der Waals surface area contributed by atoms with Crippen molar-refractivity contribution in [2.45, 2.75) is 18.3 Å². The third-order valence-electron chi connectivity index (χ3n) is 3.63. The van der Waals surface area contributed by atoms with E-state index in [4.69, 9.17) is 4.42 Å². The van der Waals surface area contributed by atoms with E-state index in [2.05, 4.69) is 5.32 Å². The molecule has 0 radical (unpaired) electrons. The van der Waals surface area contributed by atoms with Gasteiger partial charge in [-0.3, -0.25) is 24.6 Å². The van der Waals surface area contributed by atoms with Gasteiger partial charge < -0.3 is 19.6 Å². The molecule has 1 fully saturated rings. The summed E-state index contributed by atoms with van der Waals surface area (Å²) in [5, 5.41) is 23.6. The van der Waals surface area contributed by atoms with Crippen LogP contribution in [0.25, 0.3) is 0 Å². The van der Waals surface area contributed by atoms with Crippen LogP contribution in [-0.2, 0) is 9.59 Å². The largest absolute Gasteiger partial charge is 1.00 e. The first-order valence-electron chi connectivity index (χ1n) is 6.72. The van der Waals surface area contributed by atoms with E-state index < -0.39 is 40.0 Å². The zero-order chi connectivity index (χ0) is 17.6. The SMILES string of the molecule is CC1=C(C(=O)[O-])N2C(=O)C(NC(=O)c3ccc([N+](=O)[O-])o3)C2SC1.[Na+]. The number of rotatable bonds is 4. The number of amides is 2. The van der Waals surface area contributed by atoms with Crippen LogP contribution >= 0.6 is 11.8 Å². The molecule has 2 aliphatic heterocycles. The second kappa shape index (κ2) is 7.20. The van der Waals surface area contributed by atoms with Crippen LogP contribution in [0.15, 0.2) is 27.8 Å². The van der Waals surface area contributed by atoms with Crippen LogP contribution in [0.3, 0.4) is 0 Å². The fourth-order valence-electron chi connectivity index (χ4n) is 2.52. The number of hydrogen-bond donors (Lipinski definition) is 1. The minimum Gasteiger partial charge on any atom is -0.543 e. The van der Waals surface area contributed by atoms with Crippen molar-refractivity contribution < 1.29 is 58.4 Å². The second-order valence-corrected chi connectivity index (χ2v) is 6.28. The Bertz CT molecular complexity index is 805. The predicted octanol–water partition coefficient (Wildman–Crippen LogP) is -3.77. The molecule has 126 valence electrons. The zero-order valence-electron chi connectivity index (χ0n) is 13.2. The summed E-state index contributed by atoms with van der Waals surface area (Å²) in [6.07, 6.45) is 0. The molecule has 25 heavy (non-hydrogen) atoms. The number of nitro groups is 1. The molecular formula is C13H10N3NaO7S. The minimum atomic E-state index is -1.45. The van der Waals surface area contributed by atoms with Gasteiger partial charge in [0.2, 0.25) is 0 Å². The average Bonchev–Trinajstić information content (AvgIpc) is 3.02. The van der Waals surface area contributed by atoms with Gasteiger partial charge in [0, 0.05) is 5.75 Å². The Balaban J connectivity index is 0.00000225. The van der Waals surface area contributed by atoms with E-state index in [0.717, 1.165) is 17.0 Å². The van der Waals surface area contributed by atoms with Gasteiger partial charge >= 0.3 is 35.4 Å². The van der Waals surface area contributed by atoms with E-state index in [-0.39, 0.29) is 41.0 Å². The molecule has 0 saturated carbocycles. The normalized spacial score (nSPS) is 21.8. The maximum absolute atomic E-state index is 12.2. The molecule has 10 nitrogen and oxygen atoms in total. The first-order valence-corrected chi connectivity index (χ1v) is 7.77. The fraction of sp³-hybridized carbons (Fsp3) is 0.308. The molecule has 0 bridgehead atoms. The molecule has 1 saturated heterocycles. The van der Waals surface area contributed by atoms with Crippen molar-refractivity contribution >= 4 is 35.4 Å². The fourth-order valence-corrected chi connectivity index (χ4v) is 3.82. The Morgan fingerprint density at radius 2 is 2.12 bits per heavy atom. The number of carbonyl (C=O) groups excluding carboxylic acids is 3. The summed E-state index contributed by atoms with van der Waals surface area (Å²) >= 11 is 1.30. The summed E-state index contributed by atoms with van der Waals surface area (Å²) < 4.78 is 4.77. The Kier molecular flexibility index (Phi) is 5.62. The van der Waals surface area contributed by atoms with E-state index in [9.17, 15) is 29.6 Å². The molecule has 2 amide bonds. The Morgan fingerprint density at radius 3 is 2.68 bits per heavy atom. The Morgan fingerprint density at radius 1 is 1.44 bits per heavy atom. The molecule has 0 aliphatic carbocycles. The van der Waals surface area contributed by atoms with Crippen LogP contribution in [0.5, 0.6) is 0 Å². The molecule has 1 N–H and O–H groups in total. The van der Waals surface area contributed by atoms with E-state index >= 15 is 0 Å². The van der Waals surface area contributed by atoms with Crippen molar-refractivity contribution in [1.29, 1.82) is 0 Å². The first kappa shape index (κ1) is 19.5. The molecular weight excluding hydrogens is 365 g/mol. The van der Waals surface area contributed by atoms with Crippen LogP contribution in [0, 0.1) is 10.1 Å². The summed E-state index contributed by atoms with van der Waals surface area (Å²) in [4.78, 5) is 46.2. The topological polar surface area (TPSA) is 146 Å². The minimum absolute atomic E-state index is 0. The van der Waals surface area contributed by atoms with Gasteiger partial charge in [0.1, 0.15) is 16.3 Å². The van der Waals surface area contributed by atoms with Gasteiger partial charge in [-0.1, -0.05) is 0 Å². The van der Waals surface area contributed by atoms with E-state index in [1.807, 2.05) is 0 Å². The van der Waals surface area contributed by atoms with E-state index in [0.29, 0.717) is 11.3 Å². The van der Waals surface area contributed by atoms with Crippen LogP contribution in [0.1, 0.15) is 17.5 Å². The quantitative estimate of drug-likeness (QED) is 0.244. The predicted molar refractivity (Wildman–Crippen MR) is 77.4 cm³/mol. The smallest absolute Gasteiger partial charge is 0.543 e. The van der Waals surface area contributed by atoms with Crippen molar-refractivity contribution in [2.24, 2.45) is 0 Å². The molecule has 2 atom stereocenters. The third kappa shape index (κ3) is 3.32. The standard InChI is InChI=1S/C13H11N3O7S.Na/c1-5-4-24-12-8(11(18)15(12)9(5)13(19)20)14-10(17)6-2-3-7(23-6)16(21)22;/h2-3,8,12H,4H2,1H3,(H,14,17)(H,19,20);/q;+1/p-1. The van der Waals surface area contributed by atoms with Crippen LogP contribution < -0.4 is 40.0 Å². The monoisotopic (exact) mass is 375 g/mol. The van der Waals surface area contributed by atoms with Crippen LogP contribution in [0.2, 0.25) is 0 Å². The molecule has 3 heterocycles. The van der Waals surface area contributed by atoms with Gasteiger partial charge in [-0.15, -0.1) is 11.8 Å². The third-order valence-corrected chi connectivity index (χ3v) is 5.06. The van der Waals surface area contributed by atoms with Crippen LogP contribution in [-0.4, -0.2) is 44.8 Å². The number of nitrogens with zero attached hydrogens (tertiary/aromatic N) is 2. The van der Waals surface area contributed by atoms with Gasteiger partial charge in [0.05, 0.1) is 17.7 Å². The van der Waals surface area contributed by atoms with Gasteiger partial charge in [-0.2, -0.15) is 0 Å². The van der Waals surface area contributed by atoms with E-state index in [1.165, 1.54) is 11.8 Å². The van der Waals surface area contributed by atoms with Crippen molar-refractivity contribution in [1.82, 2.24) is 10.2 Å². The number of aliphatic carboxylic acids is 1. The van der Waals surface area contributed by atoms with Gasteiger partial charge in [-0.25, -0.2) is 0 Å². The van der Waals surface area contributed by atoms with Crippen molar-refractivity contribution in [3.05, 3.63) is 39.3 Å². The summed E-state index contributed by atoms with van der Waals surface area (Å²) in [5.41, 5.74) is 0.332. The molecule has 2 aliphatic rings. The number of nitrogens with one attached hydrogen (secondary N) is 1. The Hall–Kier alpha value is -1.82. The number of hydrogen-bond acceptors (Lipinski definition) is 8. The maximum Gasteiger partial charge on any atom is 1.00 e. The molecule has 0 aromatic carbocycles. The van der Waals surface area contributed by atoms with Crippen LogP contribution in [0.4, 0.5) is 5.88 Å². The Labute approximate surface area is 167 Å². The molecule has 2 unspecified atom stereocenters.